The van der Waals surface area contributed by atoms with Gasteiger partial charge in [-0.2, -0.15) is 0 Å². The average molecular weight is 1430 g/mol. The van der Waals surface area contributed by atoms with Gasteiger partial charge in [0.15, 0.2) is 0 Å². The van der Waals surface area contributed by atoms with Crippen molar-refractivity contribution in [3.05, 3.63) is 115 Å². The van der Waals surface area contributed by atoms with Crippen LogP contribution in [-0.2, 0) is 23.7 Å². The van der Waals surface area contributed by atoms with Gasteiger partial charge in [0, 0.05) is 30.3 Å². The number of benzene rings is 2. The molecule has 6 aromatic rings. The van der Waals surface area contributed by atoms with Gasteiger partial charge in [-0.25, -0.2) is 0 Å². The smallest absolute Gasteiger partial charge is 0.0387 e. The molecule has 4 heterocycles. The van der Waals surface area contributed by atoms with Crippen molar-refractivity contribution in [2.45, 2.75) is 437 Å². The van der Waals surface area contributed by atoms with E-state index in [1.807, 2.05) is 22.7 Å². The Balaban J connectivity index is 0.000000545. The van der Waals surface area contributed by atoms with Gasteiger partial charge in [-0.05, 0) is 175 Å². The second-order valence-corrected chi connectivity index (χ2v) is 36.6. The van der Waals surface area contributed by atoms with Crippen LogP contribution in [0.4, 0.5) is 0 Å². The minimum Gasteiger partial charge on any atom is -0.144 e. The van der Waals surface area contributed by atoms with Crippen LogP contribution in [0.15, 0.2) is 70.1 Å². The van der Waals surface area contributed by atoms with E-state index in [2.05, 4.69) is 120 Å². The lowest BCUT2D eigenvalue weighted by atomic mass is 9.68. The standard InChI is InChI=1S/C80H138S2.C16H10S2/c1-5-9-13-17-21-25-29-33-37-41-45-49-53-57-63-79(64-58-54-50-46-42-38-34-30-26-22-18-14-10-6-2)73-61-67-81-77(73)71-70-76-72(69-75(71)79)78-74(62-68-82-78)80(76,65-59-55-51-47-43-39-35-31-27-23-19-15-11-7-3)66-60-56-52-48-44-40-36-32-28-24-20-16-12-8-4;1-3-17-15-9(1)5-11-7-14-12(8-13(11)15)6-10-2-4-18-16(10)14/h61-62,67-70H,5-60,63-66H2,1-4H3;1-4,7-8H,5-6H2. The molecule has 10 rings (SSSR count). The normalized spacial score (nSPS) is 13.9. The molecule has 4 heteroatoms. The molecule has 100 heavy (non-hydrogen) atoms. The van der Waals surface area contributed by atoms with Gasteiger partial charge in [0.2, 0.25) is 0 Å². The first-order valence-corrected chi connectivity index (χ1v) is 47.7. The fourth-order valence-electron chi connectivity index (χ4n) is 18.9. The molecule has 0 N–H and O–H groups in total. The zero-order valence-corrected chi connectivity index (χ0v) is 68.7. The molecule has 0 spiro atoms. The predicted molar refractivity (Wildman–Crippen MR) is 453 cm³/mol. The highest BCUT2D eigenvalue weighted by molar-refractivity contribution is 7.15. The van der Waals surface area contributed by atoms with Crippen LogP contribution in [0.5, 0.6) is 0 Å². The maximum absolute atomic E-state index is 2.89. The summed E-state index contributed by atoms with van der Waals surface area (Å²) in [5.74, 6) is 0. The molecule has 0 nitrogen and oxygen atoms in total. The second kappa shape index (κ2) is 47.7. The van der Waals surface area contributed by atoms with Crippen LogP contribution in [0.25, 0.3) is 41.8 Å². The Morgan fingerprint density at radius 1 is 0.210 bits per heavy atom. The van der Waals surface area contributed by atoms with E-state index >= 15 is 0 Å². The molecule has 4 aromatic heterocycles. The maximum atomic E-state index is 2.89. The predicted octanol–water partition coefficient (Wildman–Crippen LogP) is 34.8. The van der Waals surface area contributed by atoms with Gasteiger partial charge in [-0.1, -0.05) is 387 Å². The van der Waals surface area contributed by atoms with E-state index in [9.17, 15) is 0 Å². The lowest BCUT2D eigenvalue weighted by Gasteiger charge is -2.34. The summed E-state index contributed by atoms with van der Waals surface area (Å²) in [6.45, 7) is 9.34. The second-order valence-electron chi connectivity index (χ2n) is 32.9. The fourth-order valence-corrected chi connectivity index (χ4v) is 22.9. The van der Waals surface area contributed by atoms with E-state index in [1.165, 1.54) is 428 Å². The molecule has 0 unspecified atom stereocenters. The van der Waals surface area contributed by atoms with E-state index in [0.717, 1.165) is 12.8 Å². The Hall–Kier alpha value is -2.76. The molecule has 0 saturated carbocycles. The van der Waals surface area contributed by atoms with Crippen molar-refractivity contribution >= 4 is 45.3 Å². The molecule has 0 amide bonds. The van der Waals surface area contributed by atoms with Crippen LogP contribution in [0, 0.1) is 0 Å². The Morgan fingerprint density at radius 2 is 0.420 bits per heavy atom. The van der Waals surface area contributed by atoms with Gasteiger partial charge in [0.05, 0.1) is 0 Å². The van der Waals surface area contributed by atoms with E-state index in [0.29, 0.717) is 0 Å². The molecule has 0 saturated heterocycles. The Morgan fingerprint density at radius 3 is 0.660 bits per heavy atom. The van der Waals surface area contributed by atoms with Crippen LogP contribution < -0.4 is 0 Å². The molecule has 4 aliphatic carbocycles. The van der Waals surface area contributed by atoms with Crippen molar-refractivity contribution in [3.8, 4) is 41.8 Å². The van der Waals surface area contributed by atoms with Crippen LogP contribution in [0.2, 0.25) is 0 Å². The van der Waals surface area contributed by atoms with Crippen molar-refractivity contribution in [2.75, 3.05) is 0 Å². The molecule has 2 aromatic carbocycles. The Kier molecular flexibility index (Phi) is 38.8. The highest BCUT2D eigenvalue weighted by atomic mass is 32.1. The summed E-state index contributed by atoms with van der Waals surface area (Å²) in [5, 5.41) is 9.44. The largest absolute Gasteiger partial charge is 0.144 e. The van der Waals surface area contributed by atoms with Crippen molar-refractivity contribution < 1.29 is 0 Å². The highest BCUT2D eigenvalue weighted by Crippen LogP contribution is 2.63. The first-order valence-electron chi connectivity index (χ1n) is 44.2. The first-order chi connectivity index (χ1) is 49.6. The van der Waals surface area contributed by atoms with Crippen molar-refractivity contribution in [2.24, 2.45) is 0 Å². The number of hydrogen-bond acceptors (Lipinski definition) is 4. The number of rotatable bonds is 60. The minimum absolute atomic E-state index is 0.180. The van der Waals surface area contributed by atoms with Gasteiger partial charge >= 0.3 is 0 Å². The zero-order valence-electron chi connectivity index (χ0n) is 65.4. The van der Waals surface area contributed by atoms with Crippen LogP contribution in [0.1, 0.15) is 457 Å². The third kappa shape index (κ3) is 24.7. The SMILES string of the molecule is CCCCCCCCCCCCCCCCC1(CCCCCCCCCCCCCCCC)c2cc3c(cc2-c2sccc21)C(CCCCCCCCCCCCCCCC)(CCCCCCCCCCCCCCCC)c1ccsc1-3.c1cc2c(s1)-c1cc3c(cc1C2)-c1sccc1C3. The van der Waals surface area contributed by atoms with Gasteiger partial charge in [-0.15, -0.1) is 45.3 Å². The Labute approximate surface area is 633 Å². The molecule has 0 radical (unpaired) electrons. The van der Waals surface area contributed by atoms with E-state index in [-0.39, 0.29) is 10.8 Å². The summed E-state index contributed by atoms with van der Waals surface area (Å²) >= 11 is 7.97. The van der Waals surface area contributed by atoms with Gasteiger partial charge in [0.1, 0.15) is 0 Å². The summed E-state index contributed by atoms with van der Waals surface area (Å²) in [6, 6.07) is 20.5. The lowest BCUT2D eigenvalue weighted by molar-refractivity contribution is 0.394. The molecular formula is C96H148S4. The molecule has 0 aliphatic heterocycles. The molecular weight excluding hydrogens is 1280 g/mol. The van der Waals surface area contributed by atoms with Gasteiger partial charge in [-0.3, -0.25) is 0 Å². The topological polar surface area (TPSA) is 0 Å². The number of unbranched alkanes of at least 4 members (excludes halogenated alkanes) is 52. The number of thiophene rings is 4. The monoisotopic (exact) mass is 1430 g/mol. The van der Waals surface area contributed by atoms with Gasteiger partial charge in [0.25, 0.3) is 0 Å². The summed E-state index contributed by atoms with van der Waals surface area (Å²) < 4.78 is 0. The first kappa shape index (κ1) is 81.3. The lowest BCUT2D eigenvalue weighted by Crippen LogP contribution is -2.27. The van der Waals surface area contributed by atoms with Crippen molar-refractivity contribution in [1.82, 2.24) is 0 Å². The molecule has 556 valence electrons. The van der Waals surface area contributed by atoms with E-state index in [4.69, 9.17) is 0 Å². The third-order valence-corrected chi connectivity index (χ3v) is 28.8. The van der Waals surface area contributed by atoms with Crippen LogP contribution >= 0.6 is 45.3 Å². The van der Waals surface area contributed by atoms with E-state index in [1.54, 1.807) is 43.1 Å². The zero-order chi connectivity index (χ0) is 69.4. The summed E-state index contributed by atoms with van der Waals surface area (Å²) in [6.07, 6.45) is 88.2. The number of fused-ring (bicyclic) bond motifs is 12. The quantitative estimate of drug-likeness (QED) is 0.0333. The van der Waals surface area contributed by atoms with Crippen LogP contribution in [-0.4, -0.2) is 0 Å². The van der Waals surface area contributed by atoms with Crippen molar-refractivity contribution in [3.63, 3.8) is 0 Å². The maximum Gasteiger partial charge on any atom is 0.0387 e. The highest BCUT2D eigenvalue weighted by Gasteiger charge is 2.49. The van der Waals surface area contributed by atoms with Crippen molar-refractivity contribution in [1.29, 1.82) is 0 Å². The molecule has 0 bridgehead atoms. The average Bonchev–Trinajstić information content (AvgIpc) is 1.53. The minimum atomic E-state index is 0.180. The number of hydrogen-bond donors (Lipinski definition) is 0. The Bertz CT molecular complexity index is 2820. The third-order valence-electron chi connectivity index (χ3n) is 24.9. The summed E-state index contributed by atoms with van der Waals surface area (Å²) in [5.41, 5.74) is 19.7. The van der Waals surface area contributed by atoms with E-state index < -0.39 is 0 Å². The molecule has 4 aliphatic rings. The molecule has 0 atom stereocenters. The summed E-state index contributed by atoms with van der Waals surface area (Å²) in [7, 11) is 0. The fraction of sp³-hybridized carbons (Fsp3) is 0.708. The van der Waals surface area contributed by atoms with Gasteiger partial charge < -0.3 is 0 Å². The summed E-state index contributed by atoms with van der Waals surface area (Å²) in [4.78, 5) is 6.32. The van der Waals surface area contributed by atoms with Crippen LogP contribution in [0.3, 0.4) is 0 Å². The molecule has 0 fully saturated rings.